The highest BCUT2D eigenvalue weighted by atomic mass is 14.9. The minimum atomic E-state index is 1.12. The van der Waals surface area contributed by atoms with Crippen molar-refractivity contribution in [2.75, 3.05) is 5.32 Å². The molecular formula is C12H13N. The van der Waals surface area contributed by atoms with Crippen LogP contribution in [0.5, 0.6) is 0 Å². The van der Waals surface area contributed by atoms with Gasteiger partial charge in [0, 0.05) is 11.4 Å². The Morgan fingerprint density at radius 1 is 1.08 bits per heavy atom. The maximum atomic E-state index is 3.39. The van der Waals surface area contributed by atoms with Gasteiger partial charge in [0.2, 0.25) is 0 Å². The summed E-state index contributed by atoms with van der Waals surface area (Å²) in [5, 5.41) is 3.39. The summed E-state index contributed by atoms with van der Waals surface area (Å²) < 4.78 is 0. The smallest absolute Gasteiger partial charge is 0.0381 e. The first-order valence-corrected chi connectivity index (χ1v) is 4.63. The van der Waals surface area contributed by atoms with E-state index in [0.29, 0.717) is 0 Å². The SMILES string of the molecule is C1=CCCC(Nc2ccccc2)=C1. The fourth-order valence-corrected chi connectivity index (χ4v) is 1.41. The molecule has 1 aromatic rings. The fourth-order valence-electron chi connectivity index (χ4n) is 1.41. The van der Waals surface area contributed by atoms with E-state index in [-0.39, 0.29) is 0 Å². The van der Waals surface area contributed by atoms with Crippen LogP contribution in [-0.2, 0) is 0 Å². The molecule has 1 heteroatoms. The second-order valence-corrected chi connectivity index (χ2v) is 3.15. The first kappa shape index (κ1) is 8.11. The standard InChI is InChI=1S/C12H13N/c1-3-7-11(8-4-1)13-12-9-5-2-6-10-12/h1-5,7-9,13H,6,10H2. The molecule has 1 nitrogen and oxygen atoms in total. The Kier molecular flexibility index (Phi) is 2.46. The van der Waals surface area contributed by atoms with Crippen LogP contribution in [0.2, 0.25) is 0 Å². The fraction of sp³-hybridized carbons (Fsp3) is 0.167. The largest absolute Gasteiger partial charge is 0.359 e. The third-order valence-electron chi connectivity index (χ3n) is 2.09. The first-order valence-electron chi connectivity index (χ1n) is 4.63. The topological polar surface area (TPSA) is 12.0 Å². The lowest BCUT2D eigenvalue weighted by molar-refractivity contribution is 0.967. The molecule has 1 aromatic carbocycles. The predicted octanol–water partition coefficient (Wildman–Crippen LogP) is 3.33. The number of hydrogen-bond donors (Lipinski definition) is 1. The number of nitrogens with one attached hydrogen (secondary N) is 1. The zero-order valence-corrected chi connectivity index (χ0v) is 7.53. The molecule has 13 heavy (non-hydrogen) atoms. The van der Waals surface area contributed by atoms with Gasteiger partial charge in [0.05, 0.1) is 0 Å². The molecule has 0 saturated heterocycles. The molecule has 0 saturated carbocycles. The van der Waals surface area contributed by atoms with Crippen molar-refractivity contribution in [1.29, 1.82) is 0 Å². The summed E-state index contributed by atoms with van der Waals surface area (Å²) in [6, 6.07) is 10.3. The maximum absolute atomic E-state index is 3.39. The lowest BCUT2D eigenvalue weighted by atomic mass is 10.1. The Morgan fingerprint density at radius 2 is 1.92 bits per heavy atom. The molecule has 0 aliphatic heterocycles. The molecule has 0 heterocycles. The van der Waals surface area contributed by atoms with Crippen LogP contribution in [0, 0.1) is 0 Å². The summed E-state index contributed by atoms with van der Waals surface area (Å²) in [4.78, 5) is 0. The molecule has 0 bridgehead atoms. The summed E-state index contributed by atoms with van der Waals surface area (Å²) in [7, 11) is 0. The number of hydrogen-bond acceptors (Lipinski definition) is 1. The van der Waals surface area contributed by atoms with Crippen molar-refractivity contribution >= 4 is 5.69 Å². The van der Waals surface area contributed by atoms with E-state index in [2.05, 4.69) is 35.7 Å². The van der Waals surface area contributed by atoms with Crippen molar-refractivity contribution in [3.63, 3.8) is 0 Å². The molecule has 66 valence electrons. The van der Waals surface area contributed by atoms with Crippen LogP contribution < -0.4 is 5.32 Å². The van der Waals surface area contributed by atoms with E-state index in [1.807, 2.05) is 18.2 Å². The summed E-state index contributed by atoms with van der Waals surface area (Å²) >= 11 is 0. The third kappa shape index (κ3) is 2.22. The molecule has 0 atom stereocenters. The van der Waals surface area contributed by atoms with Crippen LogP contribution in [0.15, 0.2) is 54.3 Å². The van der Waals surface area contributed by atoms with Crippen LogP contribution in [0.3, 0.4) is 0 Å². The van der Waals surface area contributed by atoms with E-state index in [0.717, 1.165) is 12.8 Å². The molecule has 0 spiro atoms. The highest BCUT2D eigenvalue weighted by Crippen LogP contribution is 2.15. The molecule has 0 radical (unpaired) electrons. The molecule has 1 N–H and O–H groups in total. The summed E-state index contributed by atoms with van der Waals surface area (Å²) in [6.07, 6.45) is 8.69. The number of anilines is 1. The van der Waals surface area contributed by atoms with Crippen molar-refractivity contribution in [1.82, 2.24) is 0 Å². The molecule has 2 rings (SSSR count). The van der Waals surface area contributed by atoms with E-state index in [9.17, 15) is 0 Å². The Balaban J connectivity index is 2.06. The van der Waals surface area contributed by atoms with Gasteiger partial charge >= 0.3 is 0 Å². The predicted molar refractivity (Wildman–Crippen MR) is 56.5 cm³/mol. The van der Waals surface area contributed by atoms with Crippen LogP contribution in [0.4, 0.5) is 5.69 Å². The molecule has 1 aliphatic carbocycles. The Morgan fingerprint density at radius 3 is 2.62 bits per heavy atom. The van der Waals surface area contributed by atoms with Gasteiger partial charge < -0.3 is 5.32 Å². The van der Waals surface area contributed by atoms with Crippen molar-refractivity contribution in [3.05, 3.63) is 54.3 Å². The Hall–Kier alpha value is -1.50. The second-order valence-electron chi connectivity index (χ2n) is 3.15. The quantitative estimate of drug-likeness (QED) is 0.719. The van der Waals surface area contributed by atoms with E-state index < -0.39 is 0 Å². The van der Waals surface area contributed by atoms with Crippen LogP contribution in [-0.4, -0.2) is 0 Å². The number of allylic oxidation sites excluding steroid dienone is 4. The summed E-state index contributed by atoms with van der Waals surface area (Å²) in [5.41, 5.74) is 2.47. The monoisotopic (exact) mass is 171 g/mol. The van der Waals surface area contributed by atoms with Crippen LogP contribution in [0.25, 0.3) is 0 Å². The van der Waals surface area contributed by atoms with Crippen molar-refractivity contribution in [2.45, 2.75) is 12.8 Å². The number of rotatable bonds is 2. The Labute approximate surface area is 78.8 Å². The van der Waals surface area contributed by atoms with Crippen molar-refractivity contribution < 1.29 is 0 Å². The molecule has 0 amide bonds. The third-order valence-corrected chi connectivity index (χ3v) is 2.09. The zero-order chi connectivity index (χ0) is 8.93. The second kappa shape index (κ2) is 3.94. The Bertz CT molecular complexity index is 322. The van der Waals surface area contributed by atoms with Crippen molar-refractivity contribution in [2.24, 2.45) is 0 Å². The molecular weight excluding hydrogens is 158 g/mol. The van der Waals surface area contributed by atoms with Gasteiger partial charge in [0.25, 0.3) is 0 Å². The van der Waals surface area contributed by atoms with Gasteiger partial charge in [-0.05, 0) is 31.1 Å². The van der Waals surface area contributed by atoms with E-state index in [4.69, 9.17) is 0 Å². The normalized spacial score (nSPS) is 15.2. The minimum absolute atomic E-state index is 1.12. The van der Waals surface area contributed by atoms with Gasteiger partial charge in [-0.25, -0.2) is 0 Å². The molecule has 0 unspecified atom stereocenters. The summed E-state index contributed by atoms with van der Waals surface area (Å²) in [5.74, 6) is 0. The number of para-hydroxylation sites is 1. The van der Waals surface area contributed by atoms with Gasteiger partial charge in [0.1, 0.15) is 0 Å². The zero-order valence-electron chi connectivity index (χ0n) is 7.53. The highest BCUT2D eigenvalue weighted by Gasteiger charge is 1.98. The van der Waals surface area contributed by atoms with E-state index >= 15 is 0 Å². The van der Waals surface area contributed by atoms with Crippen LogP contribution in [0.1, 0.15) is 12.8 Å². The van der Waals surface area contributed by atoms with Crippen LogP contribution >= 0.6 is 0 Å². The van der Waals surface area contributed by atoms with Gasteiger partial charge in [-0.15, -0.1) is 0 Å². The molecule has 0 fully saturated rings. The van der Waals surface area contributed by atoms with E-state index in [1.54, 1.807) is 0 Å². The van der Waals surface area contributed by atoms with Gasteiger partial charge in [-0.1, -0.05) is 30.4 Å². The van der Waals surface area contributed by atoms with E-state index in [1.165, 1.54) is 11.4 Å². The van der Waals surface area contributed by atoms with Crippen molar-refractivity contribution in [3.8, 4) is 0 Å². The van der Waals surface area contributed by atoms with Gasteiger partial charge in [-0.2, -0.15) is 0 Å². The first-order chi connectivity index (χ1) is 6.45. The van der Waals surface area contributed by atoms with Gasteiger partial charge in [0.15, 0.2) is 0 Å². The maximum Gasteiger partial charge on any atom is 0.0381 e. The highest BCUT2D eigenvalue weighted by molar-refractivity contribution is 5.48. The average Bonchev–Trinajstić information content (AvgIpc) is 2.21. The lowest BCUT2D eigenvalue weighted by Gasteiger charge is -2.11. The minimum Gasteiger partial charge on any atom is -0.359 e. The number of benzene rings is 1. The average molecular weight is 171 g/mol. The molecule has 1 aliphatic rings. The lowest BCUT2D eigenvalue weighted by Crippen LogP contribution is -2.00. The summed E-state index contributed by atoms with van der Waals surface area (Å²) in [6.45, 7) is 0. The van der Waals surface area contributed by atoms with Gasteiger partial charge in [-0.3, -0.25) is 0 Å². The molecule has 0 aromatic heterocycles.